The molecule has 0 bridgehead atoms. The fourth-order valence-corrected chi connectivity index (χ4v) is 4.75. The summed E-state index contributed by atoms with van der Waals surface area (Å²) in [4.78, 5) is 23.1. The number of aliphatic hydroxyl groups excluding tert-OH is 2. The number of aliphatic carboxylic acids is 1. The summed E-state index contributed by atoms with van der Waals surface area (Å²) in [5.74, 6) is -0.152. The van der Waals surface area contributed by atoms with Gasteiger partial charge in [-0.3, -0.25) is 4.79 Å². The summed E-state index contributed by atoms with van der Waals surface area (Å²) in [5, 5.41) is 27.3. The van der Waals surface area contributed by atoms with Crippen molar-refractivity contribution < 1.29 is 24.9 Å². The third kappa shape index (κ3) is 9.39. The molecule has 1 fully saturated rings. The first-order chi connectivity index (χ1) is 13.5. The first kappa shape index (κ1) is 24.9. The van der Waals surface area contributed by atoms with E-state index < -0.39 is 12.1 Å². The van der Waals surface area contributed by atoms with Crippen LogP contribution in [0.1, 0.15) is 64.7 Å². The van der Waals surface area contributed by atoms with Crippen LogP contribution in [0.5, 0.6) is 0 Å². The van der Waals surface area contributed by atoms with Gasteiger partial charge in [-0.2, -0.15) is 11.8 Å². The van der Waals surface area contributed by atoms with Crippen LogP contribution in [0.25, 0.3) is 0 Å². The number of hydrogen-bond donors (Lipinski definition) is 3. The van der Waals surface area contributed by atoms with Gasteiger partial charge in [0, 0.05) is 23.3 Å². The van der Waals surface area contributed by atoms with E-state index in [-0.39, 0.29) is 35.9 Å². The van der Waals surface area contributed by atoms with Crippen LogP contribution in [0.15, 0.2) is 24.3 Å². The Hall–Kier alpha value is -1.11. The van der Waals surface area contributed by atoms with Gasteiger partial charge in [-0.25, -0.2) is 4.79 Å². The SMILES string of the molecule is CCCCCCC=C[C@H]1[C@H](SCCO)CC(=O)[C@@H]1CC=CCCC(O)C(=O)O. The van der Waals surface area contributed by atoms with Crippen molar-refractivity contribution in [2.45, 2.75) is 76.1 Å². The predicted molar refractivity (Wildman–Crippen MR) is 114 cm³/mol. The normalized spacial score (nSPS) is 23.8. The second-order valence-corrected chi connectivity index (χ2v) is 8.75. The highest BCUT2D eigenvalue weighted by molar-refractivity contribution is 8.00. The van der Waals surface area contributed by atoms with Crippen molar-refractivity contribution in [1.82, 2.24) is 0 Å². The molecular formula is C22H36O5S. The number of carboxylic acids is 1. The fourth-order valence-electron chi connectivity index (χ4n) is 3.56. The maximum Gasteiger partial charge on any atom is 0.332 e. The zero-order valence-corrected chi connectivity index (χ0v) is 17.8. The highest BCUT2D eigenvalue weighted by atomic mass is 32.2. The topological polar surface area (TPSA) is 94.8 Å². The number of hydrogen-bond acceptors (Lipinski definition) is 5. The van der Waals surface area contributed by atoms with Crippen LogP contribution >= 0.6 is 11.8 Å². The van der Waals surface area contributed by atoms with Gasteiger partial charge in [0.2, 0.25) is 0 Å². The standard InChI is InChI=1S/C22H36O5S/c1-2-3-4-5-6-8-12-18-17(20(25)16-21(18)28-15-14-23)11-9-7-10-13-19(24)22(26)27/h7-9,12,17-19,21,23-24H,2-6,10-11,13-16H2,1H3,(H,26,27)/t17-,18-,19?,21-/m1/s1. The summed E-state index contributed by atoms with van der Waals surface area (Å²) in [5.41, 5.74) is 0. The lowest BCUT2D eigenvalue weighted by Gasteiger charge is -2.19. The van der Waals surface area contributed by atoms with Gasteiger partial charge in [0.25, 0.3) is 0 Å². The number of unbranched alkanes of at least 4 members (excludes halogenated alkanes) is 4. The first-order valence-electron chi connectivity index (χ1n) is 10.5. The van der Waals surface area contributed by atoms with Gasteiger partial charge >= 0.3 is 5.97 Å². The quantitative estimate of drug-likeness (QED) is 0.278. The van der Waals surface area contributed by atoms with Crippen molar-refractivity contribution in [3.05, 3.63) is 24.3 Å². The van der Waals surface area contributed by atoms with Crippen LogP contribution in [0.2, 0.25) is 0 Å². The molecule has 5 nitrogen and oxygen atoms in total. The number of carbonyl (C=O) groups excluding carboxylic acids is 1. The van der Waals surface area contributed by atoms with E-state index in [1.54, 1.807) is 11.8 Å². The van der Waals surface area contributed by atoms with Crippen LogP contribution in [-0.2, 0) is 9.59 Å². The van der Waals surface area contributed by atoms with E-state index in [9.17, 15) is 14.7 Å². The molecule has 1 aliphatic rings. The van der Waals surface area contributed by atoms with Crippen molar-refractivity contribution >= 4 is 23.5 Å². The smallest absolute Gasteiger partial charge is 0.332 e. The van der Waals surface area contributed by atoms with Gasteiger partial charge < -0.3 is 15.3 Å². The third-order valence-corrected chi connectivity index (χ3v) is 6.49. The average Bonchev–Trinajstić information content (AvgIpc) is 2.97. The highest BCUT2D eigenvalue weighted by Gasteiger charge is 2.40. The van der Waals surface area contributed by atoms with E-state index in [4.69, 9.17) is 10.2 Å². The number of Topliss-reactive ketones (excluding diaryl/α,β-unsaturated/α-hetero) is 1. The average molecular weight is 413 g/mol. The Balaban J connectivity index is 2.58. The van der Waals surface area contributed by atoms with Crippen molar-refractivity contribution in [3.63, 3.8) is 0 Å². The Morgan fingerprint density at radius 3 is 2.68 bits per heavy atom. The zero-order chi connectivity index (χ0) is 20.8. The zero-order valence-electron chi connectivity index (χ0n) is 17.0. The predicted octanol–water partition coefficient (Wildman–Crippen LogP) is 3.98. The molecule has 0 aromatic carbocycles. The molecule has 0 heterocycles. The van der Waals surface area contributed by atoms with Crippen molar-refractivity contribution in [3.8, 4) is 0 Å². The van der Waals surface area contributed by atoms with E-state index in [2.05, 4.69) is 19.1 Å². The van der Waals surface area contributed by atoms with Gasteiger partial charge in [0.15, 0.2) is 6.10 Å². The van der Waals surface area contributed by atoms with Crippen LogP contribution in [-0.4, -0.2) is 50.8 Å². The van der Waals surface area contributed by atoms with Gasteiger partial charge in [0.1, 0.15) is 5.78 Å². The van der Waals surface area contributed by atoms with Crippen LogP contribution in [0.4, 0.5) is 0 Å². The third-order valence-electron chi connectivity index (χ3n) is 5.16. The fraction of sp³-hybridized carbons (Fsp3) is 0.727. The Kier molecular flexibility index (Phi) is 13.2. The summed E-state index contributed by atoms with van der Waals surface area (Å²) < 4.78 is 0. The molecule has 0 spiro atoms. The van der Waals surface area contributed by atoms with Gasteiger partial charge in [0.05, 0.1) is 6.61 Å². The lowest BCUT2D eigenvalue weighted by atomic mass is 9.91. The van der Waals surface area contributed by atoms with Gasteiger partial charge in [-0.05, 0) is 38.0 Å². The van der Waals surface area contributed by atoms with Crippen LogP contribution in [0, 0.1) is 11.8 Å². The molecule has 28 heavy (non-hydrogen) atoms. The Bertz CT molecular complexity index is 517. The number of ketones is 1. The molecule has 1 rings (SSSR count). The second-order valence-electron chi connectivity index (χ2n) is 7.40. The van der Waals surface area contributed by atoms with Crippen molar-refractivity contribution in [2.24, 2.45) is 11.8 Å². The molecule has 4 atom stereocenters. The molecule has 0 aliphatic heterocycles. The first-order valence-corrected chi connectivity index (χ1v) is 11.5. The van der Waals surface area contributed by atoms with E-state index in [0.717, 1.165) is 6.42 Å². The maximum atomic E-state index is 12.5. The summed E-state index contributed by atoms with van der Waals surface area (Å²) in [7, 11) is 0. The van der Waals surface area contributed by atoms with Crippen molar-refractivity contribution in [1.29, 1.82) is 0 Å². The number of aliphatic hydroxyl groups is 2. The monoisotopic (exact) mass is 412 g/mol. The number of allylic oxidation sites excluding steroid dienone is 4. The minimum Gasteiger partial charge on any atom is -0.479 e. The van der Waals surface area contributed by atoms with E-state index in [1.165, 1.54) is 25.7 Å². The molecule has 1 saturated carbocycles. The number of carbonyl (C=O) groups is 2. The molecule has 1 aliphatic carbocycles. The molecule has 0 amide bonds. The number of thioether (sulfide) groups is 1. The van der Waals surface area contributed by atoms with E-state index >= 15 is 0 Å². The van der Waals surface area contributed by atoms with Gasteiger partial charge in [-0.15, -0.1) is 0 Å². The number of rotatable bonds is 15. The molecule has 0 saturated heterocycles. The maximum absolute atomic E-state index is 12.5. The molecular weight excluding hydrogens is 376 g/mol. The second kappa shape index (κ2) is 14.8. The summed E-state index contributed by atoms with van der Waals surface area (Å²) >= 11 is 1.68. The molecule has 6 heteroatoms. The molecule has 3 N–H and O–H groups in total. The molecule has 1 unspecified atom stereocenters. The lowest BCUT2D eigenvalue weighted by molar-refractivity contribution is -0.146. The molecule has 0 aromatic rings. The largest absolute Gasteiger partial charge is 0.479 e. The summed E-state index contributed by atoms with van der Waals surface area (Å²) in [6, 6.07) is 0. The molecule has 0 aromatic heterocycles. The Morgan fingerprint density at radius 2 is 2.00 bits per heavy atom. The molecule has 0 radical (unpaired) electrons. The summed E-state index contributed by atoms with van der Waals surface area (Å²) in [6.07, 6.45) is 14.7. The van der Waals surface area contributed by atoms with Gasteiger partial charge in [-0.1, -0.05) is 50.5 Å². The minimum atomic E-state index is -1.33. The highest BCUT2D eigenvalue weighted by Crippen LogP contribution is 2.40. The van der Waals surface area contributed by atoms with E-state index in [1.807, 2.05) is 12.2 Å². The lowest BCUT2D eigenvalue weighted by Crippen LogP contribution is -2.18. The van der Waals surface area contributed by atoms with Crippen LogP contribution in [0.3, 0.4) is 0 Å². The van der Waals surface area contributed by atoms with Crippen molar-refractivity contribution in [2.75, 3.05) is 12.4 Å². The number of carboxylic acid groups (broad SMARTS) is 1. The van der Waals surface area contributed by atoms with E-state index in [0.29, 0.717) is 25.0 Å². The Morgan fingerprint density at radius 1 is 1.21 bits per heavy atom. The Labute approximate surface area is 173 Å². The molecule has 160 valence electrons. The van der Waals surface area contributed by atoms with Crippen LogP contribution < -0.4 is 0 Å². The minimum absolute atomic E-state index is 0.0521. The summed E-state index contributed by atoms with van der Waals surface area (Å²) in [6.45, 7) is 2.32.